The molecule has 0 saturated heterocycles. The summed E-state index contributed by atoms with van der Waals surface area (Å²) in [4.78, 5) is 13.3. The Balaban J connectivity index is 1.78. The second-order valence-electron chi connectivity index (χ2n) is 5.08. The predicted octanol–water partition coefficient (Wildman–Crippen LogP) is 4.30. The SMILES string of the molecule is COc1ccc(CCNC(=O)C(C)Sc2ccccc2Br)cc1. The number of nitrogens with one attached hydrogen (secondary N) is 1. The standard InChI is InChI=1S/C18H20BrNO2S/c1-13(23-17-6-4-3-5-16(17)19)18(21)20-12-11-14-7-9-15(22-2)10-8-14/h3-10,13H,11-12H2,1-2H3,(H,20,21). The summed E-state index contributed by atoms with van der Waals surface area (Å²) in [5, 5.41) is 2.86. The first-order valence-electron chi connectivity index (χ1n) is 7.42. The Morgan fingerprint density at radius 3 is 2.57 bits per heavy atom. The molecule has 1 atom stereocenters. The molecular formula is C18H20BrNO2S. The molecule has 3 nitrogen and oxygen atoms in total. The van der Waals surface area contributed by atoms with Crippen molar-refractivity contribution in [1.82, 2.24) is 5.32 Å². The Hall–Kier alpha value is -1.46. The van der Waals surface area contributed by atoms with Gasteiger partial charge in [-0.1, -0.05) is 24.3 Å². The zero-order valence-electron chi connectivity index (χ0n) is 13.2. The van der Waals surface area contributed by atoms with Crippen molar-refractivity contribution < 1.29 is 9.53 Å². The van der Waals surface area contributed by atoms with Crippen LogP contribution in [0.3, 0.4) is 0 Å². The molecule has 2 aromatic rings. The molecule has 23 heavy (non-hydrogen) atoms. The number of halogens is 1. The van der Waals surface area contributed by atoms with Crippen LogP contribution in [0.15, 0.2) is 57.9 Å². The van der Waals surface area contributed by atoms with Crippen LogP contribution in [0, 0.1) is 0 Å². The summed E-state index contributed by atoms with van der Waals surface area (Å²) in [7, 11) is 1.65. The third-order valence-corrected chi connectivity index (χ3v) is 5.51. The molecule has 2 rings (SSSR count). The van der Waals surface area contributed by atoms with Crippen molar-refractivity contribution in [3.8, 4) is 5.75 Å². The summed E-state index contributed by atoms with van der Waals surface area (Å²) >= 11 is 5.06. The molecule has 0 radical (unpaired) electrons. The molecule has 0 aliphatic heterocycles. The van der Waals surface area contributed by atoms with Gasteiger partial charge >= 0.3 is 0 Å². The average molecular weight is 394 g/mol. The Morgan fingerprint density at radius 1 is 1.22 bits per heavy atom. The molecule has 1 amide bonds. The molecule has 2 aromatic carbocycles. The van der Waals surface area contributed by atoms with Crippen molar-refractivity contribution in [2.45, 2.75) is 23.5 Å². The number of thioether (sulfide) groups is 1. The molecule has 0 spiro atoms. The van der Waals surface area contributed by atoms with Crippen molar-refractivity contribution >= 4 is 33.6 Å². The Morgan fingerprint density at radius 2 is 1.91 bits per heavy atom. The van der Waals surface area contributed by atoms with E-state index in [2.05, 4.69) is 21.2 Å². The largest absolute Gasteiger partial charge is 0.497 e. The monoisotopic (exact) mass is 393 g/mol. The van der Waals surface area contributed by atoms with Crippen LogP contribution < -0.4 is 10.1 Å². The molecule has 1 unspecified atom stereocenters. The first kappa shape index (κ1) is 17.9. The number of carbonyl (C=O) groups excluding carboxylic acids is 1. The molecule has 5 heteroatoms. The number of carbonyl (C=O) groups is 1. The second-order valence-corrected chi connectivity index (χ2v) is 7.32. The van der Waals surface area contributed by atoms with Crippen LogP contribution in [-0.4, -0.2) is 24.8 Å². The highest BCUT2D eigenvalue weighted by Gasteiger charge is 2.15. The third-order valence-electron chi connectivity index (χ3n) is 3.38. The lowest BCUT2D eigenvalue weighted by Crippen LogP contribution is -2.32. The maximum atomic E-state index is 12.2. The quantitative estimate of drug-likeness (QED) is 0.712. The van der Waals surface area contributed by atoms with Gasteiger partial charge in [0.25, 0.3) is 0 Å². The topological polar surface area (TPSA) is 38.3 Å². The molecular weight excluding hydrogens is 374 g/mol. The molecule has 0 aromatic heterocycles. The van der Waals surface area contributed by atoms with E-state index in [1.807, 2.05) is 55.5 Å². The van der Waals surface area contributed by atoms with E-state index in [9.17, 15) is 4.79 Å². The number of hydrogen-bond acceptors (Lipinski definition) is 3. The van der Waals surface area contributed by atoms with Crippen molar-refractivity contribution in [1.29, 1.82) is 0 Å². The minimum absolute atomic E-state index is 0.0549. The van der Waals surface area contributed by atoms with E-state index < -0.39 is 0 Å². The van der Waals surface area contributed by atoms with Crippen LogP contribution in [0.25, 0.3) is 0 Å². The first-order chi connectivity index (χ1) is 11.1. The molecule has 0 aliphatic rings. The average Bonchev–Trinajstić information content (AvgIpc) is 2.57. The van der Waals surface area contributed by atoms with E-state index in [4.69, 9.17) is 4.74 Å². The number of benzene rings is 2. The highest BCUT2D eigenvalue weighted by Crippen LogP contribution is 2.30. The summed E-state index contributed by atoms with van der Waals surface area (Å²) in [5.41, 5.74) is 1.18. The molecule has 122 valence electrons. The van der Waals surface area contributed by atoms with E-state index >= 15 is 0 Å². The van der Waals surface area contributed by atoms with E-state index in [0.717, 1.165) is 21.5 Å². The highest BCUT2D eigenvalue weighted by atomic mass is 79.9. The third kappa shape index (κ3) is 5.59. The van der Waals surface area contributed by atoms with E-state index in [0.29, 0.717) is 6.54 Å². The fourth-order valence-electron chi connectivity index (χ4n) is 2.05. The molecule has 0 fully saturated rings. The minimum atomic E-state index is -0.135. The number of hydrogen-bond donors (Lipinski definition) is 1. The summed E-state index contributed by atoms with van der Waals surface area (Å²) in [5.74, 6) is 0.899. The lowest BCUT2D eigenvalue weighted by atomic mass is 10.1. The van der Waals surface area contributed by atoms with Crippen LogP contribution in [0.4, 0.5) is 0 Å². The van der Waals surface area contributed by atoms with Gasteiger partial charge in [0.05, 0.1) is 12.4 Å². The van der Waals surface area contributed by atoms with Gasteiger partial charge in [-0.15, -0.1) is 11.8 Å². The van der Waals surface area contributed by atoms with Crippen LogP contribution >= 0.6 is 27.7 Å². The molecule has 0 saturated carbocycles. The van der Waals surface area contributed by atoms with Crippen molar-refractivity contribution in [2.75, 3.05) is 13.7 Å². The fourth-order valence-corrected chi connectivity index (χ4v) is 3.52. The summed E-state index contributed by atoms with van der Waals surface area (Å²) < 4.78 is 6.15. The Kier molecular flexibility index (Phi) is 6.99. The van der Waals surface area contributed by atoms with Gasteiger partial charge in [-0.25, -0.2) is 0 Å². The van der Waals surface area contributed by atoms with Gasteiger partial charge in [0.15, 0.2) is 0 Å². The van der Waals surface area contributed by atoms with Crippen molar-refractivity contribution in [3.05, 3.63) is 58.6 Å². The number of ether oxygens (including phenoxy) is 1. The van der Waals surface area contributed by atoms with Gasteiger partial charge in [-0.2, -0.15) is 0 Å². The van der Waals surface area contributed by atoms with E-state index in [-0.39, 0.29) is 11.2 Å². The van der Waals surface area contributed by atoms with Crippen LogP contribution in [0.5, 0.6) is 5.75 Å². The second kappa shape index (κ2) is 8.99. The maximum absolute atomic E-state index is 12.2. The molecule has 1 N–H and O–H groups in total. The lowest BCUT2D eigenvalue weighted by molar-refractivity contribution is -0.120. The van der Waals surface area contributed by atoms with Crippen LogP contribution in [-0.2, 0) is 11.2 Å². The van der Waals surface area contributed by atoms with Gasteiger partial charge < -0.3 is 10.1 Å². The highest BCUT2D eigenvalue weighted by molar-refractivity contribution is 9.10. The van der Waals surface area contributed by atoms with Gasteiger partial charge in [-0.3, -0.25) is 4.79 Å². The number of amides is 1. The van der Waals surface area contributed by atoms with Gasteiger partial charge in [0, 0.05) is 15.9 Å². The first-order valence-corrected chi connectivity index (χ1v) is 9.09. The lowest BCUT2D eigenvalue weighted by Gasteiger charge is -2.13. The summed E-state index contributed by atoms with van der Waals surface area (Å²) in [6.45, 7) is 2.55. The normalized spacial score (nSPS) is 11.8. The molecule has 0 bridgehead atoms. The number of methoxy groups -OCH3 is 1. The zero-order chi connectivity index (χ0) is 16.7. The number of rotatable bonds is 7. The molecule has 0 aliphatic carbocycles. The van der Waals surface area contributed by atoms with E-state index in [1.165, 1.54) is 5.56 Å². The van der Waals surface area contributed by atoms with Crippen LogP contribution in [0.1, 0.15) is 12.5 Å². The molecule has 0 heterocycles. The van der Waals surface area contributed by atoms with Crippen LogP contribution in [0.2, 0.25) is 0 Å². The van der Waals surface area contributed by atoms with Gasteiger partial charge in [-0.05, 0) is 59.1 Å². The van der Waals surface area contributed by atoms with Gasteiger partial charge in [0.1, 0.15) is 5.75 Å². The fraction of sp³-hybridized carbons (Fsp3) is 0.278. The Bertz CT molecular complexity index is 646. The van der Waals surface area contributed by atoms with Crippen molar-refractivity contribution in [2.24, 2.45) is 0 Å². The maximum Gasteiger partial charge on any atom is 0.233 e. The zero-order valence-corrected chi connectivity index (χ0v) is 15.6. The Labute approximate surface area is 149 Å². The predicted molar refractivity (Wildman–Crippen MR) is 99.2 cm³/mol. The van der Waals surface area contributed by atoms with Gasteiger partial charge in [0.2, 0.25) is 5.91 Å². The van der Waals surface area contributed by atoms with Crippen molar-refractivity contribution in [3.63, 3.8) is 0 Å². The minimum Gasteiger partial charge on any atom is -0.497 e. The smallest absolute Gasteiger partial charge is 0.233 e. The van der Waals surface area contributed by atoms with E-state index in [1.54, 1.807) is 18.9 Å². The summed E-state index contributed by atoms with van der Waals surface area (Å²) in [6.07, 6.45) is 0.808. The summed E-state index contributed by atoms with van der Waals surface area (Å²) in [6, 6.07) is 15.8.